The van der Waals surface area contributed by atoms with E-state index in [4.69, 9.17) is 11.6 Å². The molecule has 0 bridgehead atoms. The molecule has 1 saturated heterocycles. The summed E-state index contributed by atoms with van der Waals surface area (Å²) in [7, 11) is 1.83. The maximum Gasteiger partial charge on any atom is 0.194 e. The highest BCUT2D eigenvalue weighted by Gasteiger charge is 2.21. The topological polar surface area (TPSA) is 43.8 Å². The number of rotatable bonds is 3. The van der Waals surface area contributed by atoms with Gasteiger partial charge in [-0.1, -0.05) is 29.8 Å². The third kappa shape index (κ3) is 5.01. The predicted molar refractivity (Wildman–Crippen MR) is 120 cm³/mol. The summed E-state index contributed by atoms with van der Waals surface area (Å²) in [6.07, 6.45) is 1.83. The maximum absolute atomic E-state index is 6.32. The molecule has 0 saturated carbocycles. The van der Waals surface area contributed by atoms with Crippen LogP contribution in [0, 0.1) is 6.92 Å². The van der Waals surface area contributed by atoms with Gasteiger partial charge in [0.05, 0.1) is 22.9 Å². The Morgan fingerprint density at radius 2 is 1.88 bits per heavy atom. The summed E-state index contributed by atoms with van der Waals surface area (Å²) in [5, 5.41) is 4.24. The number of aryl methyl sites for hydroxylation is 1. The number of benzene rings is 1. The molecule has 2 aromatic rings. The zero-order valence-corrected chi connectivity index (χ0v) is 18.2. The fourth-order valence-corrected chi connectivity index (χ4v) is 3.32. The molecule has 1 aliphatic rings. The number of halogens is 2. The van der Waals surface area contributed by atoms with Crippen molar-refractivity contribution < 1.29 is 0 Å². The second-order valence-electron chi connectivity index (χ2n) is 6.09. The molecule has 7 heteroatoms. The summed E-state index contributed by atoms with van der Waals surface area (Å²) >= 11 is 6.32. The van der Waals surface area contributed by atoms with Gasteiger partial charge in [-0.2, -0.15) is 0 Å². The zero-order valence-electron chi connectivity index (χ0n) is 15.2. The van der Waals surface area contributed by atoms with Crippen LogP contribution in [0.3, 0.4) is 0 Å². The number of para-hydroxylation sites is 1. The molecule has 1 aromatic carbocycles. The van der Waals surface area contributed by atoms with Crippen molar-refractivity contribution in [2.45, 2.75) is 13.5 Å². The van der Waals surface area contributed by atoms with Crippen molar-refractivity contribution in [2.24, 2.45) is 4.99 Å². The largest absolute Gasteiger partial charge is 0.367 e. The number of pyridine rings is 1. The van der Waals surface area contributed by atoms with Crippen molar-refractivity contribution in [3.05, 3.63) is 58.9 Å². The smallest absolute Gasteiger partial charge is 0.194 e. The first kappa shape index (κ1) is 20.8. The van der Waals surface area contributed by atoms with Crippen molar-refractivity contribution in [3.8, 4) is 0 Å². The van der Waals surface area contributed by atoms with Gasteiger partial charge in [0.1, 0.15) is 0 Å². The number of anilines is 1. The zero-order chi connectivity index (χ0) is 17.6. The molecule has 0 atom stereocenters. The van der Waals surface area contributed by atoms with Crippen LogP contribution in [0.15, 0.2) is 47.6 Å². The Labute approximate surface area is 177 Å². The molecular formula is C19H25ClIN5. The quantitative estimate of drug-likeness (QED) is 0.410. The van der Waals surface area contributed by atoms with Gasteiger partial charge >= 0.3 is 0 Å². The Morgan fingerprint density at radius 1 is 1.15 bits per heavy atom. The number of hydrogen-bond donors (Lipinski definition) is 1. The van der Waals surface area contributed by atoms with E-state index in [1.807, 2.05) is 37.5 Å². The lowest BCUT2D eigenvalue weighted by atomic mass is 10.2. The number of guanidine groups is 1. The fraction of sp³-hybridized carbons (Fsp3) is 0.368. The minimum atomic E-state index is 0. The Kier molecular flexibility index (Phi) is 7.96. The molecule has 26 heavy (non-hydrogen) atoms. The van der Waals surface area contributed by atoms with Crippen molar-refractivity contribution in [1.29, 1.82) is 0 Å². The van der Waals surface area contributed by atoms with Gasteiger partial charge in [-0.15, -0.1) is 24.0 Å². The Balaban J connectivity index is 0.00000243. The molecule has 0 spiro atoms. The van der Waals surface area contributed by atoms with E-state index >= 15 is 0 Å². The lowest BCUT2D eigenvalue weighted by Crippen LogP contribution is -2.52. The first-order valence-corrected chi connectivity index (χ1v) is 8.92. The van der Waals surface area contributed by atoms with Gasteiger partial charge in [0.25, 0.3) is 0 Å². The normalized spacial score (nSPS) is 14.8. The predicted octanol–water partition coefficient (Wildman–Crippen LogP) is 3.56. The highest BCUT2D eigenvalue weighted by molar-refractivity contribution is 14.0. The van der Waals surface area contributed by atoms with E-state index in [9.17, 15) is 0 Å². The maximum atomic E-state index is 6.32. The number of nitrogens with zero attached hydrogens (tertiary/aromatic N) is 4. The average Bonchev–Trinajstić information content (AvgIpc) is 2.65. The fourth-order valence-electron chi connectivity index (χ4n) is 3.07. The van der Waals surface area contributed by atoms with Crippen LogP contribution in [0.2, 0.25) is 5.02 Å². The van der Waals surface area contributed by atoms with E-state index in [2.05, 4.69) is 44.1 Å². The lowest BCUT2D eigenvalue weighted by Gasteiger charge is -2.38. The average molecular weight is 486 g/mol. The monoisotopic (exact) mass is 485 g/mol. The third-order valence-electron chi connectivity index (χ3n) is 4.52. The van der Waals surface area contributed by atoms with Crippen LogP contribution in [-0.4, -0.2) is 49.1 Å². The van der Waals surface area contributed by atoms with Gasteiger partial charge in [-0.25, -0.2) is 0 Å². The molecule has 0 aliphatic carbocycles. The number of hydrogen-bond acceptors (Lipinski definition) is 3. The first-order chi connectivity index (χ1) is 12.2. The molecule has 1 N–H and O–H groups in total. The van der Waals surface area contributed by atoms with Crippen LogP contribution in [0.25, 0.3) is 0 Å². The van der Waals surface area contributed by atoms with E-state index < -0.39 is 0 Å². The van der Waals surface area contributed by atoms with E-state index in [0.29, 0.717) is 6.54 Å². The molecule has 3 rings (SSSR count). The highest BCUT2D eigenvalue weighted by Crippen LogP contribution is 2.26. The molecule has 140 valence electrons. The Hall–Kier alpha value is -1.54. The minimum absolute atomic E-state index is 0. The number of aromatic nitrogens is 1. The first-order valence-electron chi connectivity index (χ1n) is 8.54. The van der Waals surface area contributed by atoms with Crippen molar-refractivity contribution in [1.82, 2.24) is 15.2 Å². The van der Waals surface area contributed by atoms with Crippen LogP contribution in [0.1, 0.15) is 11.3 Å². The summed E-state index contributed by atoms with van der Waals surface area (Å²) < 4.78 is 0. The molecule has 1 aromatic heterocycles. The number of piperazine rings is 1. The number of nitrogens with one attached hydrogen (secondary N) is 1. The van der Waals surface area contributed by atoms with E-state index in [1.165, 1.54) is 5.56 Å². The molecule has 1 fully saturated rings. The number of aliphatic imine (C=N–C) groups is 1. The van der Waals surface area contributed by atoms with Gasteiger partial charge in [-0.05, 0) is 30.7 Å². The standard InChI is InChI=1S/C19H24ClN5.HI/c1-15-6-5-9-22-17(15)14-23-19(21-2)25-12-10-24(11-13-25)18-8-4-3-7-16(18)20;/h3-9H,10-14H2,1-2H3,(H,21,23);1H. The summed E-state index contributed by atoms with van der Waals surface area (Å²) in [4.78, 5) is 13.5. The van der Waals surface area contributed by atoms with Crippen LogP contribution >= 0.6 is 35.6 Å². The SMILES string of the molecule is CN=C(NCc1ncccc1C)N1CCN(c2ccccc2Cl)CC1.I. The molecular weight excluding hydrogens is 461 g/mol. The second-order valence-corrected chi connectivity index (χ2v) is 6.50. The van der Waals surface area contributed by atoms with Crippen LogP contribution < -0.4 is 10.2 Å². The van der Waals surface area contributed by atoms with Gasteiger partial charge in [-0.3, -0.25) is 9.98 Å². The summed E-state index contributed by atoms with van der Waals surface area (Å²) in [6.45, 7) is 6.43. The Morgan fingerprint density at radius 3 is 2.54 bits per heavy atom. The van der Waals surface area contributed by atoms with Gasteiger partial charge in [0.2, 0.25) is 0 Å². The minimum Gasteiger partial charge on any atom is -0.367 e. The lowest BCUT2D eigenvalue weighted by molar-refractivity contribution is 0.372. The summed E-state index contributed by atoms with van der Waals surface area (Å²) in [5.41, 5.74) is 3.35. The van der Waals surface area contributed by atoms with Crippen LogP contribution in [0.4, 0.5) is 5.69 Å². The van der Waals surface area contributed by atoms with Crippen LogP contribution in [-0.2, 0) is 6.54 Å². The molecule has 1 aliphatic heterocycles. The molecule has 0 amide bonds. The van der Waals surface area contributed by atoms with E-state index in [1.54, 1.807) is 0 Å². The van der Waals surface area contributed by atoms with Gasteiger partial charge in [0, 0.05) is 39.4 Å². The summed E-state index contributed by atoms with van der Waals surface area (Å²) in [6, 6.07) is 12.1. The molecule has 2 heterocycles. The molecule has 0 radical (unpaired) electrons. The van der Waals surface area contributed by atoms with Crippen molar-refractivity contribution >= 4 is 47.2 Å². The summed E-state index contributed by atoms with van der Waals surface area (Å²) in [5.74, 6) is 0.920. The molecule has 0 unspecified atom stereocenters. The Bertz CT molecular complexity index is 744. The highest BCUT2D eigenvalue weighted by atomic mass is 127. The third-order valence-corrected chi connectivity index (χ3v) is 4.84. The van der Waals surface area contributed by atoms with Crippen molar-refractivity contribution in [2.75, 3.05) is 38.1 Å². The second kappa shape index (κ2) is 9.97. The van der Waals surface area contributed by atoms with Crippen LogP contribution in [0.5, 0.6) is 0 Å². The van der Waals surface area contributed by atoms with Gasteiger partial charge in [0.15, 0.2) is 5.96 Å². The van der Waals surface area contributed by atoms with Crippen molar-refractivity contribution in [3.63, 3.8) is 0 Å². The van der Waals surface area contributed by atoms with Gasteiger partial charge < -0.3 is 15.1 Å². The van der Waals surface area contributed by atoms with E-state index in [-0.39, 0.29) is 24.0 Å². The van der Waals surface area contributed by atoms with E-state index in [0.717, 1.165) is 48.5 Å². The molecule has 5 nitrogen and oxygen atoms in total.